The SMILES string of the molecule is CC(C)N(C)CCNC(=O)C1CC2CCCC(C1)C2N. The molecule has 2 aliphatic rings. The second-order valence-electron chi connectivity index (χ2n) is 7.06. The third kappa shape index (κ3) is 3.73. The van der Waals surface area contributed by atoms with Gasteiger partial charge in [-0.05, 0) is 58.4 Å². The summed E-state index contributed by atoms with van der Waals surface area (Å²) in [5, 5.41) is 3.12. The molecule has 0 radical (unpaired) electrons. The maximum absolute atomic E-state index is 12.3. The van der Waals surface area contributed by atoms with Crippen molar-refractivity contribution in [3.05, 3.63) is 0 Å². The lowest BCUT2D eigenvalue weighted by Crippen LogP contribution is -2.49. The number of hydrogen-bond acceptors (Lipinski definition) is 3. The van der Waals surface area contributed by atoms with Gasteiger partial charge < -0.3 is 16.0 Å². The van der Waals surface area contributed by atoms with E-state index in [1.807, 2.05) is 0 Å². The molecule has 0 aromatic heterocycles. The van der Waals surface area contributed by atoms with Crippen molar-refractivity contribution in [3.63, 3.8) is 0 Å². The Bertz CT molecular complexity index is 318. The lowest BCUT2D eigenvalue weighted by molar-refractivity contribution is -0.127. The van der Waals surface area contributed by atoms with Gasteiger partial charge in [-0.1, -0.05) is 6.42 Å². The molecule has 0 aromatic rings. The molecular formula is C16H31N3O. The fraction of sp³-hybridized carbons (Fsp3) is 0.938. The lowest BCUT2D eigenvalue weighted by Gasteiger charge is -2.43. The molecule has 1 amide bonds. The third-order valence-corrected chi connectivity index (χ3v) is 5.43. The zero-order valence-corrected chi connectivity index (χ0v) is 13.3. The van der Waals surface area contributed by atoms with E-state index in [1.165, 1.54) is 19.3 Å². The van der Waals surface area contributed by atoms with Gasteiger partial charge in [0, 0.05) is 31.1 Å². The molecule has 2 atom stereocenters. The number of amides is 1. The summed E-state index contributed by atoms with van der Waals surface area (Å²) in [6, 6.07) is 0.874. The summed E-state index contributed by atoms with van der Waals surface area (Å²) in [7, 11) is 2.10. The van der Waals surface area contributed by atoms with E-state index >= 15 is 0 Å². The van der Waals surface area contributed by atoms with Crippen LogP contribution < -0.4 is 11.1 Å². The van der Waals surface area contributed by atoms with Crippen LogP contribution in [0.2, 0.25) is 0 Å². The maximum atomic E-state index is 12.3. The predicted molar refractivity (Wildman–Crippen MR) is 82.3 cm³/mol. The highest BCUT2D eigenvalue weighted by molar-refractivity contribution is 5.78. The fourth-order valence-electron chi connectivity index (χ4n) is 3.76. The molecule has 116 valence electrons. The van der Waals surface area contributed by atoms with Gasteiger partial charge in [0.25, 0.3) is 0 Å². The predicted octanol–water partition coefficient (Wildman–Crippen LogP) is 1.60. The van der Waals surface area contributed by atoms with E-state index in [4.69, 9.17) is 5.73 Å². The van der Waals surface area contributed by atoms with Gasteiger partial charge in [-0.25, -0.2) is 0 Å². The average Bonchev–Trinajstić information content (AvgIpc) is 2.37. The van der Waals surface area contributed by atoms with Crippen LogP contribution in [0.4, 0.5) is 0 Å². The number of carbonyl (C=O) groups excluding carboxylic acids is 1. The summed E-state index contributed by atoms with van der Waals surface area (Å²) in [6.07, 6.45) is 5.75. The van der Waals surface area contributed by atoms with Crippen molar-refractivity contribution in [2.24, 2.45) is 23.5 Å². The highest BCUT2D eigenvalue weighted by Gasteiger charge is 2.40. The standard InChI is InChI=1S/C16H31N3O/c1-11(2)19(3)8-7-18-16(20)14-9-12-5-4-6-13(10-14)15(12)17/h11-15H,4-10,17H2,1-3H3,(H,18,20). The summed E-state index contributed by atoms with van der Waals surface area (Å²) in [5.41, 5.74) is 6.28. The Morgan fingerprint density at radius 2 is 1.90 bits per heavy atom. The van der Waals surface area contributed by atoms with E-state index in [1.54, 1.807) is 0 Å². The molecule has 2 saturated carbocycles. The quantitative estimate of drug-likeness (QED) is 0.804. The fourth-order valence-corrected chi connectivity index (χ4v) is 3.76. The number of hydrogen-bond donors (Lipinski definition) is 2. The minimum atomic E-state index is 0.203. The first-order valence-electron chi connectivity index (χ1n) is 8.22. The van der Waals surface area contributed by atoms with E-state index in [0.717, 1.165) is 25.9 Å². The van der Waals surface area contributed by atoms with Gasteiger partial charge in [-0.15, -0.1) is 0 Å². The molecule has 0 aromatic carbocycles. The van der Waals surface area contributed by atoms with Gasteiger partial charge in [0.1, 0.15) is 0 Å². The zero-order chi connectivity index (χ0) is 14.7. The van der Waals surface area contributed by atoms with Crippen LogP contribution in [-0.2, 0) is 4.79 Å². The molecule has 4 heteroatoms. The van der Waals surface area contributed by atoms with Crippen molar-refractivity contribution in [2.45, 2.75) is 58.0 Å². The normalized spacial score (nSPS) is 33.5. The molecule has 2 bridgehead atoms. The van der Waals surface area contributed by atoms with Crippen LogP contribution in [0, 0.1) is 17.8 Å². The largest absolute Gasteiger partial charge is 0.355 e. The first-order chi connectivity index (χ1) is 9.49. The Balaban J connectivity index is 1.76. The second-order valence-corrected chi connectivity index (χ2v) is 7.06. The molecule has 3 N–H and O–H groups in total. The monoisotopic (exact) mass is 281 g/mol. The van der Waals surface area contributed by atoms with E-state index in [-0.39, 0.29) is 11.8 Å². The van der Waals surface area contributed by atoms with Crippen molar-refractivity contribution < 1.29 is 4.79 Å². The topological polar surface area (TPSA) is 58.4 Å². The number of carbonyl (C=O) groups is 1. The average molecular weight is 281 g/mol. The van der Waals surface area contributed by atoms with Crippen LogP contribution in [0.25, 0.3) is 0 Å². The van der Waals surface area contributed by atoms with Crippen LogP contribution >= 0.6 is 0 Å². The van der Waals surface area contributed by atoms with Gasteiger partial charge in [0.2, 0.25) is 5.91 Å². The van der Waals surface area contributed by atoms with Crippen molar-refractivity contribution in [2.75, 3.05) is 20.1 Å². The van der Waals surface area contributed by atoms with Crippen LogP contribution in [0.3, 0.4) is 0 Å². The van der Waals surface area contributed by atoms with E-state index in [2.05, 4.69) is 31.1 Å². The molecule has 2 aliphatic carbocycles. The minimum Gasteiger partial charge on any atom is -0.355 e. The molecule has 0 heterocycles. The molecule has 2 rings (SSSR count). The zero-order valence-electron chi connectivity index (χ0n) is 13.3. The number of fused-ring (bicyclic) bond motifs is 2. The highest BCUT2D eigenvalue weighted by atomic mass is 16.1. The number of rotatable bonds is 5. The summed E-state index contributed by atoms with van der Waals surface area (Å²) < 4.78 is 0. The molecule has 4 nitrogen and oxygen atoms in total. The Labute approximate surface area is 123 Å². The van der Waals surface area contributed by atoms with Gasteiger partial charge >= 0.3 is 0 Å². The summed E-state index contributed by atoms with van der Waals surface area (Å²) in [6.45, 7) is 6.02. The Morgan fingerprint density at radius 1 is 1.30 bits per heavy atom. The molecule has 0 spiro atoms. The summed E-state index contributed by atoms with van der Waals surface area (Å²) in [5.74, 6) is 1.62. The Hall–Kier alpha value is -0.610. The van der Waals surface area contributed by atoms with Crippen LogP contribution in [0.1, 0.15) is 46.0 Å². The smallest absolute Gasteiger partial charge is 0.223 e. The van der Waals surface area contributed by atoms with Crippen molar-refractivity contribution in [1.29, 1.82) is 0 Å². The van der Waals surface area contributed by atoms with E-state index in [0.29, 0.717) is 23.9 Å². The molecule has 0 aliphatic heterocycles. The number of nitrogens with two attached hydrogens (primary N) is 1. The number of likely N-dealkylation sites (N-methyl/N-ethyl adjacent to an activating group) is 1. The van der Waals surface area contributed by atoms with Crippen molar-refractivity contribution >= 4 is 5.91 Å². The van der Waals surface area contributed by atoms with Gasteiger partial charge in [0.05, 0.1) is 0 Å². The Morgan fingerprint density at radius 3 is 2.45 bits per heavy atom. The van der Waals surface area contributed by atoms with Crippen LogP contribution in [-0.4, -0.2) is 43.0 Å². The highest BCUT2D eigenvalue weighted by Crippen LogP contribution is 2.41. The minimum absolute atomic E-state index is 0.203. The van der Waals surface area contributed by atoms with Crippen LogP contribution in [0.15, 0.2) is 0 Å². The first kappa shape index (κ1) is 15.8. The van der Waals surface area contributed by atoms with Gasteiger partial charge in [0.15, 0.2) is 0 Å². The lowest BCUT2D eigenvalue weighted by atomic mass is 9.65. The third-order valence-electron chi connectivity index (χ3n) is 5.43. The van der Waals surface area contributed by atoms with Gasteiger partial charge in [-0.2, -0.15) is 0 Å². The maximum Gasteiger partial charge on any atom is 0.223 e. The molecular weight excluding hydrogens is 250 g/mol. The number of nitrogens with one attached hydrogen (secondary N) is 1. The molecule has 2 fully saturated rings. The molecule has 20 heavy (non-hydrogen) atoms. The van der Waals surface area contributed by atoms with Crippen molar-refractivity contribution in [1.82, 2.24) is 10.2 Å². The summed E-state index contributed by atoms with van der Waals surface area (Å²) >= 11 is 0. The van der Waals surface area contributed by atoms with Crippen LogP contribution in [0.5, 0.6) is 0 Å². The van der Waals surface area contributed by atoms with Crippen molar-refractivity contribution in [3.8, 4) is 0 Å². The first-order valence-corrected chi connectivity index (χ1v) is 8.22. The second kappa shape index (κ2) is 6.90. The number of nitrogens with zero attached hydrogens (tertiary/aromatic N) is 1. The molecule has 0 saturated heterocycles. The summed E-state index contributed by atoms with van der Waals surface area (Å²) in [4.78, 5) is 14.6. The Kier molecular flexibility index (Phi) is 5.44. The molecule has 2 unspecified atom stereocenters. The van der Waals surface area contributed by atoms with E-state index < -0.39 is 0 Å². The van der Waals surface area contributed by atoms with Gasteiger partial charge in [-0.3, -0.25) is 4.79 Å². The van der Waals surface area contributed by atoms with E-state index in [9.17, 15) is 4.79 Å².